The fourth-order valence-corrected chi connectivity index (χ4v) is 2.25. The maximum Gasteiger partial charge on any atom is 0.145 e. The van der Waals surface area contributed by atoms with E-state index in [1.807, 2.05) is 20.0 Å². The van der Waals surface area contributed by atoms with Crippen molar-refractivity contribution in [3.8, 4) is 5.75 Å². The molecule has 0 spiro atoms. The summed E-state index contributed by atoms with van der Waals surface area (Å²) in [5, 5.41) is 10.4. The number of aliphatic imine (C=N–C) groups is 1. The minimum absolute atomic E-state index is 0.000365. The average Bonchev–Trinajstić information content (AvgIpc) is 2.66. The number of nitrogens with zero attached hydrogens (tertiary/aromatic N) is 2. The summed E-state index contributed by atoms with van der Waals surface area (Å²) in [6.45, 7) is 16.9. The van der Waals surface area contributed by atoms with E-state index in [1.165, 1.54) is 0 Å². The normalized spacial score (nSPS) is 13.9. The SMILES string of the molecule is CCC(C)(C)N=C(C)c1cn(C(C)(C)CC)c(C)c1O. The molecule has 3 nitrogen and oxygen atoms in total. The van der Waals surface area contributed by atoms with Gasteiger partial charge in [0, 0.05) is 17.4 Å². The first-order valence-corrected chi connectivity index (χ1v) is 7.54. The number of aromatic nitrogens is 1. The van der Waals surface area contributed by atoms with Crippen LogP contribution in [0, 0.1) is 6.92 Å². The lowest BCUT2D eigenvalue weighted by atomic mass is 10.0. The zero-order valence-corrected chi connectivity index (χ0v) is 14.3. The highest BCUT2D eigenvalue weighted by Crippen LogP contribution is 2.32. The van der Waals surface area contributed by atoms with Crippen LogP contribution in [0.25, 0.3) is 0 Å². The molecule has 0 aliphatic heterocycles. The van der Waals surface area contributed by atoms with Crippen molar-refractivity contribution in [2.75, 3.05) is 0 Å². The monoisotopic (exact) mass is 278 g/mol. The number of hydrogen-bond donors (Lipinski definition) is 1. The molecular weight excluding hydrogens is 248 g/mol. The van der Waals surface area contributed by atoms with Crippen LogP contribution in [0.1, 0.15) is 72.6 Å². The van der Waals surface area contributed by atoms with Gasteiger partial charge in [0.2, 0.25) is 0 Å². The van der Waals surface area contributed by atoms with E-state index < -0.39 is 0 Å². The van der Waals surface area contributed by atoms with Crippen LogP contribution in [0.4, 0.5) is 0 Å². The predicted molar refractivity (Wildman–Crippen MR) is 87.0 cm³/mol. The highest BCUT2D eigenvalue weighted by Gasteiger charge is 2.24. The molecular formula is C17H30N2O. The standard InChI is InChI=1S/C17H30N2O/c1-9-16(5,6)18-12(3)14-11-19(13(4)15(14)20)17(7,8)10-2/h11,20H,9-10H2,1-8H3. The Morgan fingerprint density at radius 1 is 1.20 bits per heavy atom. The van der Waals surface area contributed by atoms with Crippen molar-refractivity contribution in [1.82, 2.24) is 4.57 Å². The molecule has 0 fully saturated rings. The van der Waals surface area contributed by atoms with Gasteiger partial charge in [0.25, 0.3) is 0 Å². The fourth-order valence-electron chi connectivity index (χ4n) is 2.25. The molecule has 0 aliphatic carbocycles. The zero-order chi connectivity index (χ0) is 15.7. The molecule has 0 amide bonds. The van der Waals surface area contributed by atoms with E-state index in [0.29, 0.717) is 5.75 Å². The summed E-state index contributed by atoms with van der Waals surface area (Å²) in [6.07, 6.45) is 4.03. The third kappa shape index (κ3) is 3.25. The lowest BCUT2D eigenvalue weighted by Crippen LogP contribution is -2.25. The van der Waals surface area contributed by atoms with Crippen molar-refractivity contribution < 1.29 is 5.11 Å². The Morgan fingerprint density at radius 3 is 2.20 bits per heavy atom. The Bertz CT molecular complexity index is 507. The van der Waals surface area contributed by atoms with E-state index in [-0.39, 0.29) is 11.1 Å². The van der Waals surface area contributed by atoms with E-state index in [9.17, 15) is 5.11 Å². The van der Waals surface area contributed by atoms with Crippen molar-refractivity contribution in [3.63, 3.8) is 0 Å². The van der Waals surface area contributed by atoms with E-state index in [0.717, 1.165) is 29.8 Å². The summed E-state index contributed by atoms with van der Waals surface area (Å²) in [4.78, 5) is 4.76. The van der Waals surface area contributed by atoms with Crippen molar-refractivity contribution in [3.05, 3.63) is 17.5 Å². The van der Waals surface area contributed by atoms with Crippen molar-refractivity contribution >= 4 is 5.71 Å². The molecule has 0 aromatic carbocycles. The predicted octanol–water partition coefficient (Wildman–Crippen LogP) is 4.64. The molecule has 0 atom stereocenters. The molecule has 1 N–H and O–H groups in total. The van der Waals surface area contributed by atoms with Gasteiger partial charge in [0.15, 0.2) is 0 Å². The molecule has 114 valence electrons. The van der Waals surface area contributed by atoms with Gasteiger partial charge in [-0.15, -0.1) is 0 Å². The first kappa shape index (κ1) is 16.8. The first-order valence-electron chi connectivity index (χ1n) is 7.54. The summed E-state index contributed by atoms with van der Waals surface area (Å²) in [7, 11) is 0. The minimum Gasteiger partial charge on any atom is -0.505 e. The van der Waals surface area contributed by atoms with Crippen LogP contribution in [0.2, 0.25) is 0 Å². The van der Waals surface area contributed by atoms with Gasteiger partial charge >= 0.3 is 0 Å². The van der Waals surface area contributed by atoms with Crippen LogP contribution in [0.15, 0.2) is 11.2 Å². The van der Waals surface area contributed by atoms with E-state index in [4.69, 9.17) is 4.99 Å². The highest BCUT2D eigenvalue weighted by molar-refractivity contribution is 6.01. The second-order valence-electron chi connectivity index (χ2n) is 6.88. The largest absolute Gasteiger partial charge is 0.505 e. The number of hydrogen-bond acceptors (Lipinski definition) is 2. The van der Waals surface area contributed by atoms with Crippen molar-refractivity contribution in [2.45, 2.75) is 79.3 Å². The van der Waals surface area contributed by atoms with Gasteiger partial charge in [0.05, 0.1) is 16.8 Å². The van der Waals surface area contributed by atoms with Crippen molar-refractivity contribution in [2.24, 2.45) is 4.99 Å². The van der Waals surface area contributed by atoms with Gasteiger partial charge in [-0.25, -0.2) is 0 Å². The van der Waals surface area contributed by atoms with E-state index >= 15 is 0 Å². The zero-order valence-electron chi connectivity index (χ0n) is 14.3. The smallest absolute Gasteiger partial charge is 0.145 e. The molecule has 1 aromatic heterocycles. The van der Waals surface area contributed by atoms with E-state index in [1.54, 1.807) is 0 Å². The summed E-state index contributed by atoms with van der Waals surface area (Å²) in [6, 6.07) is 0. The maximum absolute atomic E-state index is 10.4. The Balaban J connectivity index is 3.33. The van der Waals surface area contributed by atoms with Gasteiger partial charge in [-0.2, -0.15) is 0 Å². The van der Waals surface area contributed by atoms with Gasteiger partial charge in [0.1, 0.15) is 5.75 Å². The molecule has 0 aliphatic rings. The minimum atomic E-state index is -0.0905. The van der Waals surface area contributed by atoms with Crippen LogP contribution in [0.3, 0.4) is 0 Å². The topological polar surface area (TPSA) is 37.5 Å². The molecule has 0 saturated heterocycles. The van der Waals surface area contributed by atoms with Crippen LogP contribution in [-0.4, -0.2) is 20.9 Å². The summed E-state index contributed by atoms with van der Waals surface area (Å²) in [5.41, 5.74) is 2.58. The molecule has 1 heterocycles. The Kier molecular flexibility index (Phi) is 4.73. The second kappa shape index (κ2) is 5.63. The molecule has 1 aromatic rings. The molecule has 0 unspecified atom stereocenters. The summed E-state index contributed by atoms with van der Waals surface area (Å²) >= 11 is 0. The highest BCUT2D eigenvalue weighted by atomic mass is 16.3. The molecule has 20 heavy (non-hydrogen) atoms. The maximum atomic E-state index is 10.4. The van der Waals surface area contributed by atoms with Gasteiger partial charge < -0.3 is 9.67 Å². The third-order valence-electron chi connectivity index (χ3n) is 4.46. The lowest BCUT2D eigenvalue weighted by molar-refractivity contribution is 0.333. The van der Waals surface area contributed by atoms with Crippen molar-refractivity contribution in [1.29, 1.82) is 0 Å². The summed E-state index contributed by atoms with van der Waals surface area (Å²) < 4.78 is 2.16. The molecule has 1 rings (SSSR count). The Labute approximate surface area is 123 Å². The number of aromatic hydroxyl groups is 1. The average molecular weight is 278 g/mol. The first-order chi connectivity index (χ1) is 9.05. The molecule has 3 heteroatoms. The Morgan fingerprint density at radius 2 is 1.75 bits per heavy atom. The molecule has 0 radical (unpaired) electrons. The van der Waals surface area contributed by atoms with Gasteiger partial charge in [-0.1, -0.05) is 13.8 Å². The molecule has 0 bridgehead atoms. The lowest BCUT2D eigenvalue weighted by Gasteiger charge is -2.27. The third-order valence-corrected chi connectivity index (χ3v) is 4.46. The van der Waals surface area contributed by atoms with Crippen LogP contribution < -0.4 is 0 Å². The van der Waals surface area contributed by atoms with Crippen LogP contribution in [-0.2, 0) is 5.54 Å². The summed E-state index contributed by atoms with van der Waals surface area (Å²) in [5.74, 6) is 0.361. The van der Waals surface area contributed by atoms with Gasteiger partial charge in [-0.05, 0) is 54.4 Å². The van der Waals surface area contributed by atoms with Crippen LogP contribution >= 0.6 is 0 Å². The Hall–Kier alpha value is -1.25. The number of rotatable bonds is 5. The quantitative estimate of drug-likeness (QED) is 0.782. The van der Waals surface area contributed by atoms with Gasteiger partial charge in [-0.3, -0.25) is 4.99 Å². The van der Waals surface area contributed by atoms with E-state index in [2.05, 4.69) is 46.1 Å². The second-order valence-corrected chi connectivity index (χ2v) is 6.88. The molecule has 0 saturated carbocycles. The van der Waals surface area contributed by atoms with Crippen LogP contribution in [0.5, 0.6) is 5.75 Å². The fraction of sp³-hybridized carbons (Fsp3) is 0.706.